The van der Waals surface area contributed by atoms with Crippen LogP contribution in [0.3, 0.4) is 0 Å². The fraction of sp³-hybridized carbons (Fsp3) is 0.357. The number of nitrogens with one attached hydrogen (secondary N) is 3. The summed E-state index contributed by atoms with van der Waals surface area (Å²) in [5.74, 6) is 2.74. The molecular weight excluding hydrogens is 448 g/mol. The van der Waals surface area contributed by atoms with Crippen molar-refractivity contribution < 1.29 is 0 Å². The maximum atomic E-state index is 6.32. The van der Waals surface area contributed by atoms with Gasteiger partial charge < -0.3 is 21.0 Å². The molecule has 2 atom stereocenters. The Morgan fingerprint density at radius 1 is 0.857 bits per heavy atom. The van der Waals surface area contributed by atoms with E-state index in [1.165, 1.54) is 30.0 Å². The van der Waals surface area contributed by atoms with E-state index in [9.17, 15) is 0 Å². The topological polar surface area (TPSA) is 95.4 Å². The summed E-state index contributed by atoms with van der Waals surface area (Å²) in [5, 5.41) is 3.65. The molecule has 2 aromatic carbocycles. The van der Waals surface area contributed by atoms with Crippen molar-refractivity contribution in [3.8, 4) is 33.6 Å². The van der Waals surface area contributed by atoms with Gasteiger partial charge in [0.2, 0.25) is 0 Å². The number of H-pyrrole nitrogens is 2. The van der Waals surface area contributed by atoms with E-state index in [4.69, 9.17) is 5.73 Å². The molecule has 180 valence electrons. The standard InChI is InChI=1S/C28H34N6Si/c1-35(2)16-26(32-17-35)28-31-15-25(34-28)22-11-7-20(8-12-22)19-5-9-21(10-6-19)24-14-30-27(33-24)23(29)13-18-3-4-18/h5-12,14-15,18,23,26,32H,3-4,13,16-17,29H2,1-2H3,(H,30,33)(H,31,34)/t23-,26-/m0/s1. The van der Waals surface area contributed by atoms with Gasteiger partial charge in [-0.3, -0.25) is 0 Å². The molecule has 1 saturated carbocycles. The quantitative estimate of drug-likeness (QED) is 0.249. The largest absolute Gasteiger partial charge is 0.341 e. The van der Waals surface area contributed by atoms with Gasteiger partial charge in [-0.2, -0.15) is 0 Å². The van der Waals surface area contributed by atoms with Gasteiger partial charge in [-0.25, -0.2) is 9.97 Å². The first-order chi connectivity index (χ1) is 16.9. The molecule has 4 aromatic rings. The van der Waals surface area contributed by atoms with E-state index in [0.717, 1.165) is 52.7 Å². The molecule has 5 N–H and O–H groups in total. The fourth-order valence-electron chi connectivity index (χ4n) is 5.13. The van der Waals surface area contributed by atoms with E-state index in [-0.39, 0.29) is 6.04 Å². The van der Waals surface area contributed by atoms with Crippen molar-refractivity contribution in [2.75, 3.05) is 6.17 Å². The second-order valence-corrected chi connectivity index (χ2v) is 16.2. The average Bonchev–Trinajstić information content (AvgIpc) is 3.25. The van der Waals surface area contributed by atoms with Gasteiger partial charge in [0, 0.05) is 0 Å². The van der Waals surface area contributed by atoms with Crippen molar-refractivity contribution >= 4 is 8.07 Å². The molecule has 0 spiro atoms. The minimum absolute atomic E-state index is 0.00288. The Morgan fingerprint density at radius 3 is 2.00 bits per heavy atom. The molecule has 6 rings (SSSR count). The number of aromatic nitrogens is 4. The van der Waals surface area contributed by atoms with Crippen molar-refractivity contribution in [3.05, 3.63) is 72.6 Å². The molecular formula is C28H34N6Si. The molecule has 35 heavy (non-hydrogen) atoms. The van der Waals surface area contributed by atoms with E-state index >= 15 is 0 Å². The highest BCUT2D eigenvalue weighted by molar-refractivity contribution is 6.78. The number of imidazole rings is 2. The van der Waals surface area contributed by atoms with E-state index in [0.29, 0.717) is 6.04 Å². The van der Waals surface area contributed by atoms with Crippen LogP contribution in [0.5, 0.6) is 0 Å². The summed E-state index contributed by atoms with van der Waals surface area (Å²) in [4.78, 5) is 16.2. The highest BCUT2D eigenvalue weighted by Gasteiger charge is 2.34. The van der Waals surface area contributed by atoms with Crippen LogP contribution in [-0.4, -0.2) is 34.2 Å². The van der Waals surface area contributed by atoms with Gasteiger partial charge in [0.15, 0.2) is 0 Å². The first-order valence-electron chi connectivity index (χ1n) is 12.7. The number of aromatic amines is 2. The summed E-state index contributed by atoms with van der Waals surface area (Å²) in [7, 11) is -1.12. The van der Waals surface area contributed by atoms with E-state index in [1.807, 2.05) is 12.4 Å². The molecule has 3 heterocycles. The highest BCUT2D eigenvalue weighted by atomic mass is 28.3. The Hall–Kier alpha value is -3.00. The van der Waals surface area contributed by atoms with Crippen LogP contribution in [0.2, 0.25) is 19.1 Å². The predicted octanol–water partition coefficient (Wildman–Crippen LogP) is 5.83. The number of hydrogen-bond acceptors (Lipinski definition) is 4. The Balaban J connectivity index is 1.13. The molecule has 1 aliphatic carbocycles. The molecule has 7 heteroatoms. The zero-order valence-electron chi connectivity index (χ0n) is 20.5. The van der Waals surface area contributed by atoms with Crippen LogP contribution in [0.1, 0.15) is 43.0 Å². The van der Waals surface area contributed by atoms with Gasteiger partial charge in [-0.05, 0) is 46.8 Å². The Labute approximate surface area is 207 Å². The molecule has 1 saturated heterocycles. The summed E-state index contributed by atoms with van der Waals surface area (Å²) >= 11 is 0. The Bertz CT molecular complexity index is 1300. The lowest BCUT2D eigenvalue weighted by Gasteiger charge is -2.11. The van der Waals surface area contributed by atoms with Gasteiger partial charge in [-0.1, -0.05) is 74.5 Å². The third-order valence-electron chi connectivity index (χ3n) is 7.47. The zero-order chi connectivity index (χ0) is 24.0. The maximum absolute atomic E-state index is 6.32. The summed E-state index contributed by atoms with van der Waals surface area (Å²) in [5.41, 5.74) is 13.1. The van der Waals surface area contributed by atoms with Crippen LogP contribution in [0.25, 0.3) is 33.6 Å². The minimum atomic E-state index is -1.12. The fourth-order valence-corrected chi connectivity index (χ4v) is 7.52. The van der Waals surface area contributed by atoms with Crippen LogP contribution in [0.15, 0.2) is 60.9 Å². The Morgan fingerprint density at radius 2 is 1.43 bits per heavy atom. The highest BCUT2D eigenvalue weighted by Crippen LogP contribution is 2.36. The summed E-state index contributed by atoms with van der Waals surface area (Å²) < 4.78 is 0. The Kier molecular flexibility index (Phi) is 5.71. The van der Waals surface area contributed by atoms with Gasteiger partial charge in [0.05, 0.1) is 43.9 Å². The first-order valence-corrected chi connectivity index (χ1v) is 16.1. The second kappa shape index (κ2) is 8.89. The number of hydrogen-bond donors (Lipinski definition) is 4. The summed E-state index contributed by atoms with van der Waals surface area (Å²) in [6, 6.07) is 18.9. The lowest BCUT2D eigenvalue weighted by molar-refractivity contribution is 0.573. The van der Waals surface area contributed by atoms with E-state index in [2.05, 4.69) is 86.9 Å². The van der Waals surface area contributed by atoms with Crippen LogP contribution in [0.4, 0.5) is 0 Å². The van der Waals surface area contributed by atoms with Crippen molar-refractivity contribution in [2.45, 2.75) is 50.5 Å². The first kappa shape index (κ1) is 22.5. The molecule has 0 amide bonds. The van der Waals surface area contributed by atoms with Crippen molar-refractivity contribution in [2.24, 2.45) is 11.7 Å². The number of nitrogens with zero attached hydrogens (tertiary/aromatic N) is 2. The normalized spacial score (nSPS) is 20.3. The monoisotopic (exact) mass is 482 g/mol. The number of rotatable bonds is 7. The third kappa shape index (κ3) is 4.89. The van der Waals surface area contributed by atoms with Gasteiger partial charge in [-0.15, -0.1) is 0 Å². The second-order valence-electron chi connectivity index (χ2n) is 11.1. The van der Waals surface area contributed by atoms with Crippen LogP contribution in [0, 0.1) is 5.92 Å². The average molecular weight is 483 g/mol. The van der Waals surface area contributed by atoms with Gasteiger partial charge in [0.25, 0.3) is 0 Å². The molecule has 1 aliphatic heterocycles. The zero-order valence-corrected chi connectivity index (χ0v) is 21.5. The summed E-state index contributed by atoms with van der Waals surface area (Å²) in [6.07, 6.45) is 8.67. The maximum Gasteiger partial charge on any atom is 0.123 e. The molecule has 0 radical (unpaired) electrons. The molecule has 0 bridgehead atoms. The predicted molar refractivity (Wildman–Crippen MR) is 144 cm³/mol. The molecule has 2 aliphatic rings. The van der Waals surface area contributed by atoms with Crippen LogP contribution in [-0.2, 0) is 0 Å². The van der Waals surface area contributed by atoms with Crippen molar-refractivity contribution in [1.29, 1.82) is 0 Å². The lowest BCUT2D eigenvalue weighted by atomic mass is 10.0. The summed E-state index contributed by atoms with van der Waals surface area (Å²) in [6.45, 7) is 4.87. The van der Waals surface area contributed by atoms with Crippen molar-refractivity contribution in [3.63, 3.8) is 0 Å². The smallest absolute Gasteiger partial charge is 0.123 e. The molecule has 0 unspecified atom stereocenters. The van der Waals surface area contributed by atoms with Gasteiger partial charge in [0.1, 0.15) is 11.6 Å². The third-order valence-corrected chi connectivity index (χ3v) is 10.1. The molecule has 2 fully saturated rings. The van der Waals surface area contributed by atoms with Crippen LogP contribution < -0.4 is 11.1 Å². The molecule has 2 aromatic heterocycles. The SMILES string of the molecule is C[Si]1(C)CN[C@H](c2ncc(-c3ccc(-c4ccc(-c5cnc([C@@H](N)CC6CC6)[nH]5)cc4)cc3)[nH]2)C1. The number of nitrogens with two attached hydrogens (primary N) is 1. The molecule has 6 nitrogen and oxygen atoms in total. The van der Waals surface area contributed by atoms with Crippen LogP contribution >= 0.6 is 0 Å². The van der Waals surface area contributed by atoms with E-state index in [1.54, 1.807) is 0 Å². The lowest BCUT2D eigenvalue weighted by Crippen LogP contribution is -2.28. The van der Waals surface area contributed by atoms with E-state index < -0.39 is 8.07 Å². The van der Waals surface area contributed by atoms with Gasteiger partial charge >= 0.3 is 0 Å². The van der Waals surface area contributed by atoms with Crippen molar-refractivity contribution in [1.82, 2.24) is 25.3 Å². The number of benzene rings is 2. The minimum Gasteiger partial charge on any atom is -0.341 e.